The van der Waals surface area contributed by atoms with Crippen LogP contribution in [0.3, 0.4) is 0 Å². The number of hydrogen-bond donors (Lipinski definition) is 0. The van der Waals surface area contributed by atoms with E-state index in [9.17, 15) is 52.7 Å². The van der Waals surface area contributed by atoms with Crippen molar-refractivity contribution >= 4 is 46.6 Å². The molecule has 0 saturated carbocycles. The Bertz CT molecular complexity index is 3990. The van der Waals surface area contributed by atoms with Crippen molar-refractivity contribution in [1.29, 1.82) is 0 Å². The minimum atomic E-state index is -6.09. The van der Waals surface area contributed by atoms with Crippen molar-refractivity contribution in [3.63, 3.8) is 0 Å². The standard InChI is InChI=1S/C60H60N10.4CHF3O3S.CH2O3.3Zn/c1-4-22-52(40-68(43-55-25-7-13-31-61-55)44-56-26-8-14-32-62-56)49(19-1)37-67(38-50-20-2-5-23-53(50)41-69(45-57-27-9-15-33-63-57)46-58-28-10-16-34-64-58)39-51-21-3-6-24-54(51)42-70(47-59-29-11-17-35-65-59)48-60-30-12-18-36-66-60;4*2-1(3,4)8(5,6)7;2-1(3)4;;;/h1-36H,37-48H2;4*(H,5,6,7);(H2,2,3,4);;;/q;;;;;;3*+2/p-6. The van der Waals surface area contributed by atoms with Crippen molar-refractivity contribution in [1.82, 2.24) is 49.5 Å². The molecule has 44 heteroatoms. The van der Waals surface area contributed by atoms with Crippen molar-refractivity contribution in [2.75, 3.05) is 0 Å². The maximum Gasteiger partial charge on any atom is 2.00 e. The third kappa shape index (κ3) is 39.2. The first-order valence-electron chi connectivity index (χ1n) is 29.8. The van der Waals surface area contributed by atoms with Crippen molar-refractivity contribution < 1.29 is 178 Å². The van der Waals surface area contributed by atoms with Gasteiger partial charge in [-0.3, -0.25) is 49.5 Å². The normalized spacial score (nSPS) is 11.7. The zero-order chi connectivity index (χ0) is 79.0. The molecule has 0 aliphatic rings. The predicted molar refractivity (Wildman–Crippen MR) is 345 cm³/mol. The van der Waals surface area contributed by atoms with Crippen LogP contribution in [0.25, 0.3) is 0 Å². The van der Waals surface area contributed by atoms with Gasteiger partial charge in [0, 0.05) is 116 Å². The van der Waals surface area contributed by atoms with Crippen molar-refractivity contribution in [2.24, 2.45) is 0 Å². The number of hydrogen-bond acceptors (Lipinski definition) is 25. The summed E-state index contributed by atoms with van der Waals surface area (Å²) in [6, 6.07) is 63.7. The number of halogens is 12. The van der Waals surface area contributed by atoms with Gasteiger partial charge in [-0.1, -0.05) is 109 Å². The minimum absolute atomic E-state index is 0. The zero-order valence-corrected chi connectivity index (χ0v) is 68.8. The molecule has 9 aromatic rings. The van der Waals surface area contributed by atoms with Crippen molar-refractivity contribution in [3.8, 4) is 0 Å². The number of aromatic nitrogens is 6. The van der Waals surface area contributed by atoms with Gasteiger partial charge in [0.15, 0.2) is 40.5 Å². The van der Waals surface area contributed by atoms with Crippen molar-refractivity contribution in [3.05, 3.63) is 287 Å². The van der Waals surface area contributed by atoms with Gasteiger partial charge in [0.05, 0.1) is 34.2 Å². The van der Waals surface area contributed by atoms with Crippen LogP contribution in [-0.2, 0) is 177 Å². The number of benzene rings is 3. The molecule has 25 nitrogen and oxygen atoms in total. The Labute approximate surface area is 656 Å². The molecule has 0 unspecified atom stereocenters. The van der Waals surface area contributed by atoms with Gasteiger partial charge in [-0.2, -0.15) is 52.7 Å². The number of pyridine rings is 6. The Hall–Kier alpha value is -7.66. The van der Waals surface area contributed by atoms with Gasteiger partial charge in [0.2, 0.25) is 0 Å². The quantitative estimate of drug-likeness (QED) is 0.0236. The van der Waals surface area contributed by atoms with E-state index < -0.39 is 68.7 Å². The van der Waals surface area contributed by atoms with Crippen molar-refractivity contribution in [2.45, 2.75) is 101 Å². The van der Waals surface area contributed by atoms with Crippen LogP contribution >= 0.6 is 0 Å². The molecule has 0 radical (unpaired) electrons. The van der Waals surface area contributed by atoms with Crippen LogP contribution in [0.4, 0.5) is 57.5 Å². The van der Waals surface area contributed by atoms with E-state index in [0.29, 0.717) is 39.3 Å². The molecule has 9 rings (SSSR count). The van der Waals surface area contributed by atoms with Gasteiger partial charge in [-0.05, 0) is 112 Å². The molecule has 6 aromatic heterocycles. The van der Waals surface area contributed by atoms with E-state index in [4.69, 9.17) is 96.8 Å². The summed E-state index contributed by atoms with van der Waals surface area (Å²) in [7, 11) is -24.4. The van der Waals surface area contributed by atoms with Crippen LogP contribution < -0.4 is 10.2 Å². The van der Waals surface area contributed by atoms with Crippen LogP contribution in [0, 0.1) is 0 Å². The Kier molecular flexibility index (Phi) is 42.7. The fourth-order valence-corrected chi connectivity index (χ4v) is 9.04. The number of carbonyl (C=O) groups is 1. The fraction of sp³-hybridized carbons (Fsp3) is 0.246. The molecule has 0 aliphatic heterocycles. The molecule has 0 atom stereocenters. The topological polar surface area (TPSA) is 382 Å². The van der Waals surface area contributed by atoms with E-state index in [1.54, 1.807) is 0 Å². The second-order valence-corrected chi connectivity index (χ2v) is 27.1. The third-order valence-corrected chi connectivity index (χ3v) is 15.8. The predicted octanol–water partition coefficient (Wildman–Crippen LogP) is 8.62. The van der Waals surface area contributed by atoms with Gasteiger partial charge in [0.1, 0.15) is 0 Å². The molecule has 0 aliphatic carbocycles. The Morgan fingerprint density at radius 3 is 0.468 bits per heavy atom. The molecule has 0 spiro atoms. The zero-order valence-electron chi connectivity index (χ0n) is 56.7. The van der Waals surface area contributed by atoms with Gasteiger partial charge < -0.3 is 33.2 Å². The molecule has 3 aromatic carbocycles. The summed E-state index contributed by atoms with van der Waals surface area (Å²) in [5.41, 5.74) is -8.64. The Balaban J connectivity index is 0.00000126. The molecule has 109 heavy (non-hydrogen) atoms. The Morgan fingerprint density at radius 1 is 0.257 bits per heavy atom. The average Bonchev–Trinajstić information content (AvgIpc) is 0.822. The maximum atomic E-state index is 10.7. The van der Waals surface area contributed by atoms with E-state index in [1.165, 1.54) is 33.4 Å². The molecule has 0 bridgehead atoms. The van der Waals surface area contributed by atoms with Gasteiger partial charge >= 0.3 is 80.5 Å². The first-order valence-corrected chi connectivity index (χ1v) is 35.5. The summed E-state index contributed by atoms with van der Waals surface area (Å²) in [6.45, 7) is 8.71. The van der Waals surface area contributed by atoms with E-state index in [0.717, 1.165) is 73.4 Å². The largest absolute Gasteiger partial charge is 2.00 e. The second kappa shape index (κ2) is 46.9. The summed E-state index contributed by atoms with van der Waals surface area (Å²) in [5, 5.41) is 16.7. The molecular weight excluding hydrogens is 1710 g/mol. The maximum absolute atomic E-state index is 10.7. The summed E-state index contributed by atoms with van der Waals surface area (Å²) in [4.78, 5) is 46.7. The first-order chi connectivity index (χ1) is 49.4. The SMILES string of the molecule is O=C([O-])[O-].O=S(=O)([O-])C(F)(F)F.O=S(=O)([O-])C(F)(F)F.O=S(=O)([O-])C(F)(F)F.O=S(=O)([O-])C(F)(F)F.[Zn+2].[Zn+2].[Zn+2].c1ccc(CN(Cc2ccccn2)Cc2ccccc2CN(Cc2ccccc2CN(Cc2ccccn2)Cc2ccccn2)Cc2ccccc2CN(Cc2ccccn2)Cc2ccccn2)nc1. The van der Waals surface area contributed by atoms with Gasteiger partial charge in [-0.15, -0.1) is 0 Å². The molecule has 0 saturated heterocycles. The molecular formula is C65H60F12N10O15S4Zn3. The van der Waals surface area contributed by atoms with Gasteiger partial charge in [-0.25, -0.2) is 33.7 Å². The van der Waals surface area contributed by atoms with Gasteiger partial charge in [0.25, 0.3) is 0 Å². The van der Waals surface area contributed by atoms with Crippen LogP contribution in [-0.4, -0.2) is 130 Å². The minimum Gasteiger partial charge on any atom is -0.741 e. The molecule has 0 N–H and O–H groups in total. The number of alkyl halides is 12. The smallest absolute Gasteiger partial charge is 0.741 e. The molecule has 6 heterocycles. The monoisotopic (exact) mass is 1770 g/mol. The first kappa shape index (κ1) is 99.3. The van der Waals surface area contributed by atoms with Crippen LogP contribution in [0.5, 0.6) is 0 Å². The summed E-state index contributed by atoms with van der Waals surface area (Å²) >= 11 is 0. The van der Waals surface area contributed by atoms with Crippen LogP contribution in [0.1, 0.15) is 67.5 Å². The van der Waals surface area contributed by atoms with E-state index in [2.05, 4.69) is 165 Å². The Morgan fingerprint density at radius 2 is 0.367 bits per heavy atom. The number of carbonyl (C=O) groups excluding carboxylic acids is 1. The van der Waals surface area contributed by atoms with E-state index in [1.807, 2.05) is 73.6 Å². The number of nitrogens with zero attached hydrogens (tertiary/aromatic N) is 10. The number of carboxylic acid groups (broad SMARTS) is 2. The second-order valence-electron chi connectivity index (χ2n) is 21.7. The van der Waals surface area contributed by atoms with Crippen LogP contribution in [0.2, 0.25) is 0 Å². The van der Waals surface area contributed by atoms with Crippen LogP contribution in [0.15, 0.2) is 219 Å². The molecule has 0 fully saturated rings. The molecule has 574 valence electrons. The summed E-state index contributed by atoms with van der Waals surface area (Å²) in [6.07, 6.45) is 8.93. The molecule has 0 amide bonds. The fourth-order valence-electron chi connectivity index (χ4n) is 9.04. The van der Waals surface area contributed by atoms with E-state index in [-0.39, 0.29) is 58.4 Å². The number of rotatable bonds is 24. The third-order valence-electron chi connectivity index (χ3n) is 13.5. The average molecular weight is 1770 g/mol. The summed E-state index contributed by atoms with van der Waals surface area (Å²) < 4.78 is 236. The summed E-state index contributed by atoms with van der Waals surface area (Å²) in [5.74, 6) is 0. The van der Waals surface area contributed by atoms with E-state index >= 15 is 0 Å².